The number of hydrogen-bond donors (Lipinski definition) is 13. The van der Waals surface area contributed by atoms with Crippen LogP contribution in [0.2, 0.25) is 0 Å². The highest BCUT2D eigenvalue weighted by Crippen LogP contribution is 2.79. The van der Waals surface area contributed by atoms with Crippen LogP contribution in [0, 0.1) is 50.2 Å². The molecule has 25 heteroatoms. The standard InChI is InChI=1S/C48H76O24S/c1-21-29(54)36(70-39-34(59)32(57)35(23(17-50)68-39)72-73(62,63)64)37(71-38-33(58)31(56)30(55)22(16-49)67-38)40(66-21)69-28-8-9-42(2)24(43(28,3)18-51)6-10-44(4)25(42)7-11-48-26-14-46(19-52,41(60)61)12-13-47(26,20-65-48)27(53)15-45(44,48)5/h7,11,21-40,49-59H,6,8-10,12-20H2,1-5H3,(H,60,61)(H,62,63,64)/t21-,22-,23-,24-,25-,26-,27+,28+,29+,30-,31+,32-,33-,34-,35-,36+,37-,38+,39+,40+,42+,43+,44-,45+,46+,47-,48+/m1/s1. The zero-order valence-corrected chi connectivity index (χ0v) is 42.4. The molecular formula is C48H76O24S. The van der Waals surface area contributed by atoms with Crippen molar-refractivity contribution in [3.8, 4) is 0 Å². The van der Waals surface area contributed by atoms with E-state index in [9.17, 15) is 79.0 Å². The Bertz CT molecular complexity index is 2190. The number of allylic oxidation sites excluding steroid dienone is 1. The molecule has 9 aliphatic rings. The smallest absolute Gasteiger partial charge is 0.397 e. The predicted molar refractivity (Wildman–Crippen MR) is 243 cm³/mol. The van der Waals surface area contributed by atoms with Gasteiger partial charge in [0.15, 0.2) is 18.9 Å². The van der Waals surface area contributed by atoms with Crippen LogP contribution in [0.25, 0.3) is 0 Å². The summed E-state index contributed by atoms with van der Waals surface area (Å²) in [4.78, 5) is 12.8. The van der Waals surface area contributed by atoms with E-state index in [0.29, 0.717) is 38.5 Å². The van der Waals surface area contributed by atoms with Gasteiger partial charge in [0, 0.05) is 22.2 Å². The second-order valence-electron chi connectivity index (χ2n) is 23.8. The van der Waals surface area contributed by atoms with Gasteiger partial charge in [0.2, 0.25) is 0 Å². The van der Waals surface area contributed by atoms with Gasteiger partial charge in [-0.05, 0) is 81.0 Å². The van der Waals surface area contributed by atoms with Crippen LogP contribution < -0.4 is 0 Å². The summed E-state index contributed by atoms with van der Waals surface area (Å²) in [5, 5.41) is 132. The third-order valence-corrected chi connectivity index (χ3v) is 21.1. The number of aliphatic hydroxyl groups is 11. The average molecular weight is 1070 g/mol. The van der Waals surface area contributed by atoms with E-state index >= 15 is 0 Å². The first-order valence-electron chi connectivity index (χ1n) is 25.5. The normalized spacial score (nSPS) is 55.7. The Kier molecular flexibility index (Phi) is 14.8. The Morgan fingerprint density at radius 1 is 0.685 bits per heavy atom. The van der Waals surface area contributed by atoms with Crippen molar-refractivity contribution >= 4 is 16.4 Å². The molecule has 1 spiro atoms. The van der Waals surface area contributed by atoms with Crippen LogP contribution in [0.4, 0.5) is 0 Å². The molecular weight excluding hydrogens is 993 g/mol. The summed E-state index contributed by atoms with van der Waals surface area (Å²) in [7, 11) is -5.25. The van der Waals surface area contributed by atoms with Crippen molar-refractivity contribution in [2.24, 2.45) is 50.2 Å². The molecule has 418 valence electrons. The van der Waals surface area contributed by atoms with Gasteiger partial charge in [0.25, 0.3) is 0 Å². The van der Waals surface area contributed by atoms with Crippen LogP contribution in [0.15, 0.2) is 12.2 Å². The van der Waals surface area contributed by atoms with E-state index in [4.69, 9.17) is 33.2 Å². The van der Waals surface area contributed by atoms with Crippen LogP contribution >= 0.6 is 0 Å². The molecule has 73 heavy (non-hydrogen) atoms. The zero-order chi connectivity index (χ0) is 53.4. The number of aliphatic hydroxyl groups excluding tert-OH is 11. The number of carbonyl (C=O) groups is 1. The highest BCUT2D eigenvalue weighted by molar-refractivity contribution is 7.80. The summed E-state index contributed by atoms with van der Waals surface area (Å²) in [6, 6.07) is 0. The fourth-order valence-corrected chi connectivity index (χ4v) is 16.7. The number of aliphatic carboxylic acids is 1. The van der Waals surface area contributed by atoms with Crippen molar-refractivity contribution in [2.45, 2.75) is 196 Å². The quantitative estimate of drug-likeness (QED) is 0.0514. The molecule has 0 amide bonds. The summed E-state index contributed by atoms with van der Waals surface area (Å²) in [5.41, 5.74) is -5.81. The third kappa shape index (κ3) is 8.27. The maximum atomic E-state index is 12.8. The molecule has 0 aromatic carbocycles. The van der Waals surface area contributed by atoms with Crippen LogP contribution in [0.3, 0.4) is 0 Å². The van der Waals surface area contributed by atoms with E-state index < -0.39 is 185 Å². The maximum Gasteiger partial charge on any atom is 0.397 e. The van der Waals surface area contributed by atoms with Gasteiger partial charge < -0.3 is 94.4 Å². The van der Waals surface area contributed by atoms with E-state index in [1.807, 2.05) is 6.92 Å². The van der Waals surface area contributed by atoms with Gasteiger partial charge in [-0.25, -0.2) is 4.18 Å². The second-order valence-corrected chi connectivity index (χ2v) is 24.9. The lowest BCUT2D eigenvalue weighted by atomic mass is 9.32. The van der Waals surface area contributed by atoms with Crippen molar-refractivity contribution < 1.29 is 116 Å². The Balaban J connectivity index is 1.03. The molecule has 24 nitrogen and oxygen atoms in total. The molecule has 9 rings (SSSR count). The first-order chi connectivity index (χ1) is 34.1. The van der Waals surface area contributed by atoms with Crippen molar-refractivity contribution in [3.05, 3.63) is 12.2 Å². The number of carboxylic acids is 1. The minimum absolute atomic E-state index is 0.149. The lowest BCUT2D eigenvalue weighted by molar-refractivity contribution is -0.397. The number of rotatable bonds is 13. The van der Waals surface area contributed by atoms with Crippen LogP contribution in [-0.2, 0) is 52.5 Å². The SMILES string of the molecule is C[C@H]1O[C@@H](O[C@H]2CC[C@@]3(C)[C@@H](CC[C@]4(C)[C@@H]3C=C[C@]35OC[C@@]6(CC[C@](CO)(C(=O)O)C[C@H]63)[C@@H](O)C[C@]54C)[C@]2(C)CO)[C@H](O[C@@H]2O[C@H](CO)[C@@H](O)[C@H](O)[C@H]2O)[C@@H](O[C@@H]2O[C@H](CO)[C@@H](OS(=O)(=O)O)[C@H](O)[C@H]2O)[C@H]1O. The van der Waals surface area contributed by atoms with Gasteiger partial charge in [-0.2, -0.15) is 8.42 Å². The summed E-state index contributed by atoms with van der Waals surface area (Å²) in [6.07, 6.45) is -21.4. The minimum atomic E-state index is -5.25. The molecule has 0 aromatic heterocycles. The molecule has 0 unspecified atom stereocenters. The fourth-order valence-electron chi connectivity index (χ4n) is 16.1. The van der Waals surface area contributed by atoms with Gasteiger partial charge in [-0.3, -0.25) is 9.35 Å². The first kappa shape index (κ1) is 56.1. The maximum absolute atomic E-state index is 12.8. The Morgan fingerprint density at radius 2 is 1.33 bits per heavy atom. The summed E-state index contributed by atoms with van der Waals surface area (Å²) in [6.45, 7) is 7.39. The second kappa shape index (κ2) is 19.3. The first-order valence-corrected chi connectivity index (χ1v) is 26.8. The van der Waals surface area contributed by atoms with Crippen molar-refractivity contribution in [1.29, 1.82) is 0 Å². The summed E-state index contributed by atoms with van der Waals surface area (Å²) in [5.74, 6) is -1.86. The third-order valence-electron chi connectivity index (χ3n) is 20.6. The highest BCUT2D eigenvalue weighted by atomic mass is 32.3. The van der Waals surface area contributed by atoms with E-state index in [1.165, 1.54) is 6.92 Å². The van der Waals surface area contributed by atoms with Crippen LogP contribution in [0.1, 0.15) is 86.0 Å². The largest absolute Gasteiger partial charge is 0.481 e. The van der Waals surface area contributed by atoms with Gasteiger partial charge >= 0.3 is 16.4 Å². The summed E-state index contributed by atoms with van der Waals surface area (Å²) < 4.78 is 81.0. The Hall–Kier alpha value is -1.64. The monoisotopic (exact) mass is 1070 g/mol. The molecule has 0 radical (unpaired) electrons. The molecule has 27 atom stereocenters. The van der Waals surface area contributed by atoms with Gasteiger partial charge in [-0.15, -0.1) is 0 Å². The summed E-state index contributed by atoms with van der Waals surface area (Å²) >= 11 is 0. The minimum Gasteiger partial charge on any atom is -0.481 e. The Morgan fingerprint density at radius 3 is 1.95 bits per heavy atom. The fraction of sp³-hybridized carbons (Fsp3) is 0.938. The molecule has 8 fully saturated rings. The molecule has 5 aliphatic carbocycles. The van der Waals surface area contributed by atoms with Gasteiger partial charge in [-0.1, -0.05) is 39.8 Å². The molecule has 2 bridgehead atoms. The number of ether oxygens (including phenoxy) is 7. The number of hydrogen-bond acceptors (Lipinski definition) is 22. The topological polar surface area (TPSA) is 388 Å². The molecule has 4 aliphatic heterocycles. The van der Waals surface area contributed by atoms with Gasteiger partial charge in [0.05, 0.1) is 62.4 Å². The lowest BCUT2D eigenvalue weighted by Gasteiger charge is -2.73. The van der Waals surface area contributed by atoms with E-state index in [1.54, 1.807) is 0 Å². The molecule has 13 N–H and O–H groups in total. The predicted octanol–water partition coefficient (Wildman–Crippen LogP) is -2.53. The molecule has 4 saturated heterocycles. The van der Waals surface area contributed by atoms with Crippen LogP contribution in [0.5, 0.6) is 0 Å². The van der Waals surface area contributed by atoms with E-state index in [-0.39, 0.29) is 37.2 Å². The number of carboxylic acid groups (broad SMARTS) is 1. The van der Waals surface area contributed by atoms with E-state index in [2.05, 4.69) is 37.1 Å². The average Bonchev–Trinajstić information content (AvgIpc) is 3.63. The van der Waals surface area contributed by atoms with Gasteiger partial charge in [0.1, 0.15) is 67.1 Å². The molecule has 4 saturated carbocycles. The zero-order valence-electron chi connectivity index (χ0n) is 41.6. The molecule has 0 aromatic rings. The number of fused-ring (bicyclic) bond motifs is 4. The lowest BCUT2D eigenvalue weighted by Crippen LogP contribution is -2.73. The van der Waals surface area contributed by atoms with Crippen molar-refractivity contribution in [2.75, 3.05) is 33.0 Å². The van der Waals surface area contributed by atoms with Crippen molar-refractivity contribution in [1.82, 2.24) is 0 Å². The molecule has 4 heterocycles. The highest BCUT2D eigenvalue weighted by Gasteiger charge is 2.80. The van der Waals surface area contributed by atoms with Crippen molar-refractivity contribution in [3.63, 3.8) is 0 Å². The van der Waals surface area contributed by atoms with E-state index in [0.717, 1.165) is 0 Å². The Labute approximate surface area is 423 Å². The van der Waals surface area contributed by atoms with Crippen LogP contribution in [-0.4, -0.2) is 223 Å².